The van der Waals surface area contributed by atoms with Crippen molar-refractivity contribution in [2.75, 3.05) is 20.1 Å². The van der Waals surface area contributed by atoms with Crippen LogP contribution in [0.25, 0.3) is 0 Å². The maximum atomic E-state index is 13.3. The van der Waals surface area contributed by atoms with Gasteiger partial charge in [0.1, 0.15) is 5.82 Å². The van der Waals surface area contributed by atoms with Crippen molar-refractivity contribution in [2.24, 2.45) is 10.9 Å². The van der Waals surface area contributed by atoms with Crippen LogP contribution >= 0.6 is 0 Å². The van der Waals surface area contributed by atoms with Crippen LogP contribution in [0, 0.1) is 5.82 Å². The van der Waals surface area contributed by atoms with E-state index >= 15 is 0 Å². The Labute approximate surface area is 148 Å². The number of halogens is 1. The van der Waals surface area contributed by atoms with Crippen LogP contribution in [0.1, 0.15) is 23.1 Å². The van der Waals surface area contributed by atoms with Crippen LogP contribution in [0.5, 0.6) is 0 Å². The number of oxime groups is 1. The zero-order valence-corrected chi connectivity index (χ0v) is 14.5. The van der Waals surface area contributed by atoms with Crippen LogP contribution in [-0.2, 0) is 13.1 Å². The molecule has 2 rings (SSSR count). The van der Waals surface area contributed by atoms with Gasteiger partial charge in [-0.2, -0.15) is 0 Å². The molecule has 0 heterocycles. The molecule has 25 heavy (non-hydrogen) atoms. The van der Waals surface area contributed by atoms with Gasteiger partial charge in [-0.25, -0.2) is 4.39 Å². The molecule has 0 spiro atoms. The highest BCUT2D eigenvalue weighted by molar-refractivity contribution is 5.98. The molecule has 5 nitrogen and oxygen atoms in total. The fourth-order valence-electron chi connectivity index (χ4n) is 2.67. The van der Waals surface area contributed by atoms with E-state index in [1.807, 2.05) is 18.2 Å². The van der Waals surface area contributed by atoms with E-state index in [-0.39, 0.29) is 5.84 Å². The smallest absolute Gasteiger partial charge is 0.170 e. The Morgan fingerprint density at radius 1 is 1.24 bits per heavy atom. The lowest BCUT2D eigenvalue weighted by Crippen LogP contribution is -2.25. The van der Waals surface area contributed by atoms with Crippen LogP contribution in [-0.4, -0.2) is 36.1 Å². The Morgan fingerprint density at radius 3 is 2.72 bits per heavy atom. The number of rotatable bonds is 9. The number of hydrogen-bond acceptors (Lipinski definition) is 4. The first kappa shape index (κ1) is 18.9. The maximum absolute atomic E-state index is 13.3. The summed E-state index contributed by atoms with van der Waals surface area (Å²) in [7, 11) is 2.10. The Balaban J connectivity index is 1.74. The van der Waals surface area contributed by atoms with Crippen molar-refractivity contribution in [3.05, 3.63) is 71.0 Å². The molecule has 0 saturated heterocycles. The minimum atomic E-state index is -0.409. The number of hydrogen-bond donors (Lipinski definition) is 3. The molecule has 0 saturated carbocycles. The van der Waals surface area contributed by atoms with Crippen molar-refractivity contribution in [2.45, 2.75) is 19.5 Å². The van der Waals surface area contributed by atoms with Gasteiger partial charge in [-0.1, -0.05) is 41.6 Å². The topological polar surface area (TPSA) is 73.9 Å². The lowest BCUT2D eigenvalue weighted by molar-refractivity contribution is 0.318. The molecule has 0 bridgehead atoms. The molecule has 0 radical (unpaired) electrons. The van der Waals surface area contributed by atoms with Gasteiger partial charge in [-0.15, -0.1) is 0 Å². The number of nitrogens with two attached hydrogens (primary N) is 1. The zero-order chi connectivity index (χ0) is 18.1. The molecule has 4 N–H and O–H groups in total. The van der Waals surface area contributed by atoms with Crippen LogP contribution in [0.2, 0.25) is 0 Å². The van der Waals surface area contributed by atoms with Gasteiger partial charge >= 0.3 is 0 Å². The van der Waals surface area contributed by atoms with E-state index in [1.54, 1.807) is 6.07 Å². The summed E-state index contributed by atoms with van der Waals surface area (Å²) in [6.07, 6.45) is 0.990. The predicted octanol–water partition coefficient (Wildman–Crippen LogP) is 2.53. The van der Waals surface area contributed by atoms with Gasteiger partial charge in [0.05, 0.1) is 0 Å². The molecule has 0 aliphatic rings. The third-order valence-corrected chi connectivity index (χ3v) is 3.96. The molecule has 0 fully saturated rings. The number of amidine groups is 1. The Morgan fingerprint density at radius 2 is 2.00 bits per heavy atom. The molecule has 6 heteroatoms. The van der Waals surface area contributed by atoms with E-state index < -0.39 is 5.82 Å². The van der Waals surface area contributed by atoms with Crippen molar-refractivity contribution >= 4 is 5.84 Å². The molecule has 0 aliphatic heterocycles. The van der Waals surface area contributed by atoms with Crippen molar-refractivity contribution in [1.29, 1.82) is 0 Å². The van der Waals surface area contributed by atoms with Crippen molar-refractivity contribution < 1.29 is 9.60 Å². The van der Waals surface area contributed by atoms with E-state index in [9.17, 15) is 4.39 Å². The van der Waals surface area contributed by atoms with Gasteiger partial charge in [-0.3, -0.25) is 0 Å². The fourth-order valence-corrected chi connectivity index (χ4v) is 2.67. The number of nitrogens with one attached hydrogen (secondary N) is 1. The standard InChI is InChI=1S/C19H25FN4O/c1-24(14-15-6-3-2-4-7-15)11-5-10-22-13-16-8-9-17(20)12-18(16)19(21)23-25/h2-4,6-9,12,22,25H,5,10-11,13-14H2,1H3,(H2,21,23). The van der Waals surface area contributed by atoms with E-state index in [2.05, 4.69) is 34.6 Å². The molecule has 0 unspecified atom stereocenters. The Bertz CT molecular complexity index is 691. The van der Waals surface area contributed by atoms with Gasteiger partial charge in [0.25, 0.3) is 0 Å². The second-order valence-corrected chi connectivity index (χ2v) is 6.04. The lowest BCUT2D eigenvalue weighted by Gasteiger charge is -2.17. The van der Waals surface area contributed by atoms with Gasteiger partial charge in [0.15, 0.2) is 5.84 Å². The summed E-state index contributed by atoms with van der Waals surface area (Å²) in [6.45, 7) is 3.26. The summed E-state index contributed by atoms with van der Waals surface area (Å²) in [5.74, 6) is -0.494. The van der Waals surface area contributed by atoms with Crippen LogP contribution in [0.4, 0.5) is 4.39 Å². The minimum absolute atomic E-state index is 0.0844. The van der Waals surface area contributed by atoms with Crippen molar-refractivity contribution in [3.63, 3.8) is 0 Å². The molecular formula is C19H25FN4O. The highest BCUT2D eigenvalue weighted by Crippen LogP contribution is 2.11. The molecule has 0 aromatic heterocycles. The quantitative estimate of drug-likeness (QED) is 0.215. The van der Waals surface area contributed by atoms with Gasteiger partial charge < -0.3 is 21.2 Å². The minimum Gasteiger partial charge on any atom is -0.409 e. The van der Waals surface area contributed by atoms with Gasteiger partial charge in [0, 0.05) is 18.7 Å². The van der Waals surface area contributed by atoms with Crippen LogP contribution in [0.3, 0.4) is 0 Å². The van der Waals surface area contributed by atoms with Crippen molar-refractivity contribution in [3.8, 4) is 0 Å². The summed E-state index contributed by atoms with van der Waals surface area (Å²) in [5, 5.41) is 15.1. The van der Waals surface area contributed by atoms with Crippen LogP contribution < -0.4 is 11.1 Å². The number of nitrogens with zero attached hydrogens (tertiary/aromatic N) is 2. The largest absolute Gasteiger partial charge is 0.409 e. The fraction of sp³-hybridized carbons (Fsp3) is 0.316. The normalized spacial score (nSPS) is 11.9. The summed E-state index contributed by atoms with van der Waals surface area (Å²) < 4.78 is 13.3. The zero-order valence-electron chi connectivity index (χ0n) is 14.5. The average Bonchev–Trinajstić information content (AvgIpc) is 2.62. The van der Waals surface area contributed by atoms with Crippen LogP contribution in [0.15, 0.2) is 53.7 Å². The molecule has 0 amide bonds. The lowest BCUT2D eigenvalue weighted by atomic mass is 10.1. The van der Waals surface area contributed by atoms with Gasteiger partial charge in [-0.05, 0) is 49.8 Å². The first-order valence-corrected chi connectivity index (χ1v) is 8.29. The first-order chi connectivity index (χ1) is 12.1. The summed E-state index contributed by atoms with van der Waals surface area (Å²) in [6, 6.07) is 14.7. The molecule has 2 aromatic rings. The van der Waals surface area contributed by atoms with E-state index in [0.29, 0.717) is 12.1 Å². The second kappa shape index (κ2) is 9.76. The summed E-state index contributed by atoms with van der Waals surface area (Å²) >= 11 is 0. The molecule has 2 aromatic carbocycles. The highest BCUT2D eigenvalue weighted by atomic mass is 19.1. The van der Waals surface area contributed by atoms with Crippen molar-refractivity contribution in [1.82, 2.24) is 10.2 Å². The number of benzene rings is 2. The van der Waals surface area contributed by atoms with E-state index in [4.69, 9.17) is 10.9 Å². The second-order valence-electron chi connectivity index (χ2n) is 6.04. The van der Waals surface area contributed by atoms with E-state index in [0.717, 1.165) is 31.6 Å². The third-order valence-electron chi connectivity index (χ3n) is 3.96. The third kappa shape index (κ3) is 6.17. The van der Waals surface area contributed by atoms with Gasteiger partial charge in [0.2, 0.25) is 0 Å². The Kier molecular flexibility index (Phi) is 7.37. The molecule has 134 valence electrons. The molecular weight excluding hydrogens is 319 g/mol. The molecule has 0 aliphatic carbocycles. The molecule has 0 atom stereocenters. The summed E-state index contributed by atoms with van der Waals surface area (Å²) in [4.78, 5) is 2.27. The van der Waals surface area contributed by atoms with E-state index in [1.165, 1.54) is 17.7 Å². The average molecular weight is 344 g/mol. The predicted molar refractivity (Wildman–Crippen MR) is 98.0 cm³/mol. The monoisotopic (exact) mass is 344 g/mol. The maximum Gasteiger partial charge on any atom is 0.170 e. The highest BCUT2D eigenvalue weighted by Gasteiger charge is 2.08. The summed E-state index contributed by atoms with van der Waals surface area (Å²) in [5.41, 5.74) is 8.12. The Hall–Kier alpha value is -2.44. The SMILES string of the molecule is CN(CCCNCc1ccc(F)cc1/C(N)=N/O)Cc1ccccc1. The first-order valence-electron chi connectivity index (χ1n) is 8.29.